The molecule has 6 heteroatoms. The Balaban J connectivity index is 1.52. The molecule has 1 heterocycles. The summed E-state index contributed by atoms with van der Waals surface area (Å²) < 4.78 is 6.37. The number of aromatic nitrogens is 2. The Morgan fingerprint density at radius 2 is 2.17 bits per heavy atom. The molecule has 5 nitrogen and oxygen atoms in total. The molecule has 0 aliphatic heterocycles. The van der Waals surface area contributed by atoms with E-state index in [0.717, 1.165) is 34.2 Å². The molecule has 0 radical (unpaired) electrons. The van der Waals surface area contributed by atoms with E-state index < -0.39 is 5.60 Å². The summed E-state index contributed by atoms with van der Waals surface area (Å²) in [5.41, 5.74) is 1.58. The smallest absolute Gasteiger partial charge is 0.407 e. The van der Waals surface area contributed by atoms with Crippen LogP contribution in [0, 0.1) is 11.8 Å². The summed E-state index contributed by atoms with van der Waals surface area (Å²) in [4.78, 5) is 19.9. The minimum Gasteiger partial charge on any atom is -0.444 e. The van der Waals surface area contributed by atoms with Crippen LogP contribution in [0.4, 0.5) is 4.79 Å². The van der Waals surface area contributed by atoms with Crippen LogP contribution in [0.3, 0.4) is 0 Å². The standard InChI is InChI=1S/C18H24BrN3O2/c1-10-12(16(10)22-17(23)24-18(2,3)4)6-8-15-20-13-7-5-11(19)9-14(13)21-15/h5,7,9-10,12,16H,6,8H2,1-4H3,(H,20,21)(H,22,23). The molecule has 1 aliphatic rings. The Bertz CT molecular complexity index is 750. The molecule has 0 saturated heterocycles. The SMILES string of the molecule is CC1C(CCc2nc3ccc(Br)cc3[nH]2)C1NC(=O)OC(C)(C)C. The maximum absolute atomic E-state index is 11.9. The number of aryl methyl sites for hydroxylation is 1. The van der Waals surface area contributed by atoms with E-state index in [1.807, 2.05) is 39.0 Å². The van der Waals surface area contributed by atoms with E-state index in [9.17, 15) is 4.79 Å². The number of carbonyl (C=O) groups is 1. The number of imidazole rings is 1. The van der Waals surface area contributed by atoms with Crippen LogP contribution >= 0.6 is 15.9 Å². The van der Waals surface area contributed by atoms with Gasteiger partial charge in [-0.15, -0.1) is 0 Å². The van der Waals surface area contributed by atoms with Crippen molar-refractivity contribution < 1.29 is 9.53 Å². The second kappa shape index (κ2) is 6.39. The number of H-pyrrole nitrogens is 1. The molecule has 3 rings (SSSR count). The number of benzene rings is 1. The van der Waals surface area contributed by atoms with Crippen molar-refractivity contribution in [2.75, 3.05) is 0 Å². The van der Waals surface area contributed by atoms with Crippen molar-refractivity contribution in [3.63, 3.8) is 0 Å². The zero-order valence-corrected chi connectivity index (χ0v) is 16.1. The van der Waals surface area contributed by atoms with Crippen molar-refractivity contribution in [1.82, 2.24) is 15.3 Å². The molecular formula is C18H24BrN3O2. The quantitative estimate of drug-likeness (QED) is 0.807. The van der Waals surface area contributed by atoms with Gasteiger partial charge in [-0.05, 0) is 57.2 Å². The summed E-state index contributed by atoms with van der Waals surface area (Å²) in [6, 6.07) is 6.25. The van der Waals surface area contributed by atoms with Crippen LogP contribution in [0.25, 0.3) is 11.0 Å². The van der Waals surface area contributed by atoms with Crippen LogP contribution in [-0.4, -0.2) is 27.7 Å². The number of nitrogens with zero attached hydrogens (tertiary/aromatic N) is 1. The van der Waals surface area contributed by atoms with E-state index in [4.69, 9.17) is 4.74 Å². The van der Waals surface area contributed by atoms with Gasteiger partial charge in [0.15, 0.2) is 0 Å². The average molecular weight is 394 g/mol. The molecule has 1 fully saturated rings. The van der Waals surface area contributed by atoms with Gasteiger partial charge in [0, 0.05) is 16.9 Å². The molecule has 1 amide bonds. The first-order valence-electron chi connectivity index (χ1n) is 8.36. The van der Waals surface area contributed by atoms with E-state index in [1.165, 1.54) is 0 Å². The number of ether oxygens (including phenoxy) is 1. The third kappa shape index (κ3) is 4.09. The molecule has 1 aromatic carbocycles. The van der Waals surface area contributed by atoms with Crippen molar-refractivity contribution >= 4 is 33.1 Å². The number of amides is 1. The summed E-state index contributed by atoms with van der Waals surface area (Å²) in [7, 11) is 0. The van der Waals surface area contributed by atoms with Crippen LogP contribution in [0.1, 0.15) is 39.9 Å². The predicted octanol–water partition coefficient (Wildman–Crippen LogP) is 4.42. The molecule has 1 aromatic heterocycles. The summed E-state index contributed by atoms with van der Waals surface area (Å²) in [6.45, 7) is 7.80. The summed E-state index contributed by atoms with van der Waals surface area (Å²) >= 11 is 3.47. The number of aromatic amines is 1. The van der Waals surface area contributed by atoms with E-state index in [-0.39, 0.29) is 12.1 Å². The van der Waals surface area contributed by atoms with E-state index in [0.29, 0.717) is 11.8 Å². The third-order valence-electron chi connectivity index (χ3n) is 4.45. The van der Waals surface area contributed by atoms with E-state index in [1.54, 1.807) is 0 Å². The molecule has 2 N–H and O–H groups in total. The molecule has 1 aliphatic carbocycles. The van der Waals surface area contributed by atoms with Gasteiger partial charge in [-0.25, -0.2) is 9.78 Å². The highest BCUT2D eigenvalue weighted by atomic mass is 79.9. The predicted molar refractivity (Wildman–Crippen MR) is 97.9 cm³/mol. The molecule has 3 atom stereocenters. The van der Waals surface area contributed by atoms with Crippen molar-refractivity contribution in [2.45, 2.75) is 52.2 Å². The number of carbonyl (C=O) groups excluding carboxylic acids is 1. The molecule has 1 saturated carbocycles. The molecule has 24 heavy (non-hydrogen) atoms. The highest BCUT2D eigenvalue weighted by Gasteiger charge is 2.47. The lowest BCUT2D eigenvalue weighted by Gasteiger charge is -2.19. The lowest BCUT2D eigenvalue weighted by molar-refractivity contribution is 0.0519. The van der Waals surface area contributed by atoms with Gasteiger partial charge in [-0.2, -0.15) is 0 Å². The first-order chi connectivity index (χ1) is 11.2. The van der Waals surface area contributed by atoms with Crippen molar-refractivity contribution in [3.05, 3.63) is 28.5 Å². The van der Waals surface area contributed by atoms with Gasteiger partial charge >= 0.3 is 6.09 Å². The third-order valence-corrected chi connectivity index (χ3v) is 4.95. The topological polar surface area (TPSA) is 67.0 Å². The number of fused-ring (bicyclic) bond motifs is 1. The van der Waals surface area contributed by atoms with Gasteiger partial charge in [0.25, 0.3) is 0 Å². The minimum atomic E-state index is -0.458. The van der Waals surface area contributed by atoms with E-state index >= 15 is 0 Å². The molecular weight excluding hydrogens is 370 g/mol. The average Bonchev–Trinajstić information content (AvgIpc) is 2.89. The fraction of sp³-hybridized carbons (Fsp3) is 0.556. The first kappa shape index (κ1) is 17.3. The van der Waals surface area contributed by atoms with Crippen LogP contribution < -0.4 is 5.32 Å². The second-order valence-electron chi connectivity index (χ2n) is 7.58. The second-order valence-corrected chi connectivity index (χ2v) is 8.49. The normalized spacial score (nSPS) is 23.3. The Morgan fingerprint density at radius 1 is 1.42 bits per heavy atom. The van der Waals surface area contributed by atoms with Crippen molar-refractivity contribution in [2.24, 2.45) is 11.8 Å². The van der Waals surface area contributed by atoms with Crippen LogP contribution in [0.15, 0.2) is 22.7 Å². The maximum Gasteiger partial charge on any atom is 0.407 e. The molecule has 3 unspecified atom stereocenters. The van der Waals surface area contributed by atoms with E-state index in [2.05, 4.69) is 38.1 Å². The zero-order valence-electron chi connectivity index (χ0n) is 14.5. The van der Waals surface area contributed by atoms with Crippen LogP contribution in [0.2, 0.25) is 0 Å². The van der Waals surface area contributed by atoms with Crippen molar-refractivity contribution in [3.8, 4) is 0 Å². The Hall–Kier alpha value is -1.56. The van der Waals surface area contributed by atoms with Gasteiger partial charge in [-0.3, -0.25) is 0 Å². The van der Waals surface area contributed by atoms with Crippen LogP contribution in [0.5, 0.6) is 0 Å². The Kier molecular flexibility index (Phi) is 4.60. The molecule has 0 bridgehead atoms. The number of alkyl carbamates (subject to hydrolysis) is 1. The lowest BCUT2D eigenvalue weighted by atomic mass is 10.2. The lowest BCUT2D eigenvalue weighted by Crippen LogP contribution is -2.34. The molecule has 0 spiro atoms. The largest absolute Gasteiger partial charge is 0.444 e. The molecule has 2 aromatic rings. The monoisotopic (exact) mass is 393 g/mol. The summed E-state index contributed by atoms with van der Waals surface area (Å²) in [5, 5.41) is 2.98. The summed E-state index contributed by atoms with van der Waals surface area (Å²) in [6.07, 6.45) is 1.56. The summed E-state index contributed by atoms with van der Waals surface area (Å²) in [5.74, 6) is 1.96. The molecule has 130 valence electrons. The Morgan fingerprint density at radius 3 is 2.88 bits per heavy atom. The van der Waals surface area contributed by atoms with Gasteiger partial charge in [0.05, 0.1) is 11.0 Å². The van der Waals surface area contributed by atoms with Gasteiger partial charge in [0.1, 0.15) is 11.4 Å². The van der Waals surface area contributed by atoms with Gasteiger partial charge in [-0.1, -0.05) is 22.9 Å². The maximum atomic E-state index is 11.9. The Labute approximate surface area is 150 Å². The first-order valence-corrected chi connectivity index (χ1v) is 9.16. The number of hydrogen-bond acceptors (Lipinski definition) is 3. The highest BCUT2D eigenvalue weighted by Crippen LogP contribution is 2.42. The van der Waals surface area contributed by atoms with Gasteiger partial charge < -0.3 is 15.0 Å². The number of halogens is 1. The number of rotatable bonds is 4. The number of nitrogens with one attached hydrogen (secondary N) is 2. The fourth-order valence-electron chi connectivity index (χ4n) is 3.13. The van der Waals surface area contributed by atoms with Crippen LogP contribution in [-0.2, 0) is 11.2 Å². The minimum absolute atomic E-state index is 0.207. The zero-order chi connectivity index (χ0) is 17.5. The highest BCUT2D eigenvalue weighted by molar-refractivity contribution is 9.10. The van der Waals surface area contributed by atoms with Crippen molar-refractivity contribution in [1.29, 1.82) is 0 Å². The number of hydrogen-bond donors (Lipinski definition) is 2. The van der Waals surface area contributed by atoms with Gasteiger partial charge in [0.2, 0.25) is 0 Å². The fourth-order valence-corrected chi connectivity index (χ4v) is 3.49.